The molecule has 25 heavy (non-hydrogen) atoms. The van der Waals surface area contributed by atoms with Crippen molar-refractivity contribution in [1.82, 2.24) is 9.78 Å². The van der Waals surface area contributed by atoms with Gasteiger partial charge in [-0.3, -0.25) is 9.59 Å². The Morgan fingerprint density at radius 3 is 2.68 bits per heavy atom. The molecule has 0 fully saturated rings. The standard InChI is InChI=1S/C19H15ClN2O3/c1-25-16-7-3-5-14(11-16)18(23)12-22-19(24)9-8-17(21-22)13-4-2-6-15(20)10-13/h2-11H,12H2,1H3. The fraction of sp³-hybridized carbons (Fsp3) is 0.105. The van der Waals surface area contributed by atoms with E-state index in [0.717, 1.165) is 10.2 Å². The Kier molecular flexibility index (Phi) is 4.95. The minimum Gasteiger partial charge on any atom is -0.497 e. The number of ketones is 1. The summed E-state index contributed by atoms with van der Waals surface area (Å²) in [5, 5.41) is 4.86. The van der Waals surface area contributed by atoms with Crippen LogP contribution in [0.4, 0.5) is 0 Å². The first-order chi connectivity index (χ1) is 12.1. The number of ether oxygens (including phenoxy) is 1. The molecule has 0 bridgehead atoms. The molecule has 5 nitrogen and oxygen atoms in total. The number of benzene rings is 2. The normalized spacial score (nSPS) is 10.5. The highest BCUT2D eigenvalue weighted by atomic mass is 35.5. The van der Waals surface area contributed by atoms with Crippen molar-refractivity contribution in [2.75, 3.05) is 7.11 Å². The van der Waals surface area contributed by atoms with Gasteiger partial charge in [-0.1, -0.05) is 35.9 Å². The van der Waals surface area contributed by atoms with Crippen LogP contribution in [0.25, 0.3) is 11.3 Å². The molecule has 0 radical (unpaired) electrons. The average Bonchev–Trinajstić information content (AvgIpc) is 2.63. The molecule has 0 amide bonds. The highest BCUT2D eigenvalue weighted by molar-refractivity contribution is 6.30. The average molecular weight is 355 g/mol. The fourth-order valence-corrected chi connectivity index (χ4v) is 2.58. The summed E-state index contributed by atoms with van der Waals surface area (Å²) >= 11 is 6.00. The lowest BCUT2D eigenvalue weighted by molar-refractivity contribution is 0.0965. The van der Waals surface area contributed by atoms with Crippen LogP contribution in [0.1, 0.15) is 10.4 Å². The fourth-order valence-electron chi connectivity index (χ4n) is 2.39. The first kappa shape index (κ1) is 16.9. The smallest absolute Gasteiger partial charge is 0.267 e. The highest BCUT2D eigenvalue weighted by Gasteiger charge is 2.11. The van der Waals surface area contributed by atoms with Crippen LogP contribution in [0.15, 0.2) is 65.5 Å². The van der Waals surface area contributed by atoms with Crippen LogP contribution < -0.4 is 10.3 Å². The van der Waals surface area contributed by atoms with Gasteiger partial charge in [-0.05, 0) is 30.3 Å². The number of aromatic nitrogens is 2. The maximum atomic E-state index is 12.5. The summed E-state index contributed by atoms with van der Waals surface area (Å²) in [7, 11) is 1.53. The van der Waals surface area contributed by atoms with Crippen LogP contribution in [-0.2, 0) is 6.54 Å². The summed E-state index contributed by atoms with van der Waals surface area (Å²) in [6.45, 7) is -0.152. The number of hydrogen-bond acceptors (Lipinski definition) is 4. The number of hydrogen-bond donors (Lipinski definition) is 0. The molecular weight excluding hydrogens is 340 g/mol. The third-order valence-electron chi connectivity index (χ3n) is 3.67. The second-order valence-electron chi connectivity index (χ2n) is 5.38. The van der Waals surface area contributed by atoms with Gasteiger partial charge in [0.25, 0.3) is 5.56 Å². The molecule has 0 saturated heterocycles. The number of carbonyl (C=O) groups excluding carboxylic acids is 1. The molecule has 3 aromatic rings. The van der Waals surface area contributed by atoms with E-state index >= 15 is 0 Å². The second-order valence-corrected chi connectivity index (χ2v) is 5.82. The summed E-state index contributed by atoms with van der Waals surface area (Å²) in [6.07, 6.45) is 0. The summed E-state index contributed by atoms with van der Waals surface area (Å²) in [6, 6.07) is 16.9. The minimum atomic E-state index is -0.345. The monoisotopic (exact) mass is 354 g/mol. The summed E-state index contributed by atoms with van der Waals surface area (Å²) in [5.41, 5.74) is 1.46. The Balaban J connectivity index is 1.90. The molecule has 0 aliphatic heterocycles. The van der Waals surface area contributed by atoms with Crippen LogP contribution in [0, 0.1) is 0 Å². The van der Waals surface area contributed by atoms with Crippen molar-refractivity contribution in [3.8, 4) is 17.0 Å². The number of carbonyl (C=O) groups is 1. The van der Waals surface area contributed by atoms with Gasteiger partial charge >= 0.3 is 0 Å². The Bertz CT molecular complexity index is 982. The van der Waals surface area contributed by atoms with E-state index in [0.29, 0.717) is 22.0 Å². The Hall–Kier alpha value is -2.92. The molecule has 0 atom stereocenters. The van der Waals surface area contributed by atoms with Crippen LogP contribution in [0.5, 0.6) is 5.75 Å². The maximum Gasteiger partial charge on any atom is 0.267 e. The van der Waals surface area contributed by atoms with Crippen molar-refractivity contribution in [3.63, 3.8) is 0 Å². The van der Waals surface area contributed by atoms with Gasteiger partial charge < -0.3 is 4.74 Å². The Labute approximate surface area is 149 Å². The molecule has 0 spiro atoms. The van der Waals surface area contributed by atoms with Gasteiger partial charge in [-0.25, -0.2) is 4.68 Å². The van der Waals surface area contributed by atoms with Crippen molar-refractivity contribution >= 4 is 17.4 Å². The topological polar surface area (TPSA) is 61.2 Å². The van der Waals surface area contributed by atoms with E-state index in [-0.39, 0.29) is 17.9 Å². The molecule has 0 unspecified atom stereocenters. The largest absolute Gasteiger partial charge is 0.497 e. The van der Waals surface area contributed by atoms with Crippen LogP contribution in [-0.4, -0.2) is 22.7 Å². The quantitative estimate of drug-likeness (QED) is 0.658. The number of nitrogens with zero attached hydrogens (tertiary/aromatic N) is 2. The Morgan fingerprint density at radius 1 is 1.12 bits per heavy atom. The molecule has 1 aromatic heterocycles. The van der Waals surface area contributed by atoms with Crippen molar-refractivity contribution in [1.29, 1.82) is 0 Å². The molecule has 126 valence electrons. The predicted molar refractivity (Wildman–Crippen MR) is 96.3 cm³/mol. The SMILES string of the molecule is COc1cccc(C(=O)Cn2nc(-c3cccc(Cl)c3)ccc2=O)c1. The van der Waals surface area contributed by atoms with Gasteiger partial charge in [0.1, 0.15) is 12.3 Å². The van der Waals surface area contributed by atoms with Crippen LogP contribution >= 0.6 is 11.6 Å². The molecule has 0 aliphatic carbocycles. The molecule has 3 rings (SSSR count). The van der Waals surface area contributed by atoms with Crippen molar-refractivity contribution in [2.24, 2.45) is 0 Å². The first-order valence-electron chi connectivity index (χ1n) is 7.58. The number of halogens is 1. The predicted octanol–water partition coefficient (Wildman–Crippen LogP) is 3.46. The third-order valence-corrected chi connectivity index (χ3v) is 3.91. The van der Waals surface area contributed by atoms with Gasteiger partial charge in [0.15, 0.2) is 5.78 Å². The molecular formula is C19H15ClN2O3. The minimum absolute atomic E-state index is 0.152. The number of Topliss-reactive ketones (excluding diaryl/α,β-unsaturated/α-hetero) is 1. The highest BCUT2D eigenvalue weighted by Crippen LogP contribution is 2.20. The molecule has 0 aliphatic rings. The van der Waals surface area contributed by atoms with Gasteiger partial charge in [0, 0.05) is 22.2 Å². The van der Waals surface area contributed by atoms with Crippen molar-refractivity contribution in [3.05, 3.63) is 81.6 Å². The van der Waals surface area contributed by atoms with E-state index in [9.17, 15) is 9.59 Å². The van der Waals surface area contributed by atoms with Crippen LogP contribution in [0.2, 0.25) is 5.02 Å². The van der Waals surface area contributed by atoms with Crippen molar-refractivity contribution < 1.29 is 9.53 Å². The maximum absolute atomic E-state index is 12.5. The molecule has 0 N–H and O–H groups in total. The van der Waals surface area contributed by atoms with Gasteiger partial charge in [0.2, 0.25) is 0 Å². The van der Waals surface area contributed by atoms with E-state index in [1.807, 2.05) is 6.07 Å². The summed E-state index contributed by atoms with van der Waals surface area (Å²) in [4.78, 5) is 24.5. The zero-order valence-corrected chi connectivity index (χ0v) is 14.2. The van der Waals surface area contributed by atoms with Gasteiger partial charge in [0.05, 0.1) is 12.8 Å². The van der Waals surface area contributed by atoms with Crippen molar-refractivity contribution in [2.45, 2.75) is 6.54 Å². The molecule has 0 saturated carbocycles. The van der Waals surface area contributed by atoms with E-state index < -0.39 is 0 Å². The second kappa shape index (κ2) is 7.32. The lowest BCUT2D eigenvalue weighted by Crippen LogP contribution is -2.26. The lowest BCUT2D eigenvalue weighted by atomic mass is 10.1. The zero-order chi connectivity index (χ0) is 17.8. The third kappa shape index (κ3) is 3.95. The van der Waals surface area contributed by atoms with Gasteiger partial charge in [-0.2, -0.15) is 5.10 Å². The molecule has 1 heterocycles. The zero-order valence-electron chi connectivity index (χ0n) is 13.5. The van der Waals surface area contributed by atoms with E-state index in [2.05, 4.69) is 5.10 Å². The first-order valence-corrected chi connectivity index (χ1v) is 7.96. The van der Waals surface area contributed by atoms with E-state index in [1.165, 1.54) is 13.2 Å². The lowest BCUT2D eigenvalue weighted by Gasteiger charge is -2.08. The van der Waals surface area contributed by atoms with E-state index in [4.69, 9.17) is 16.3 Å². The summed E-state index contributed by atoms with van der Waals surface area (Å²) < 4.78 is 6.27. The molecule has 2 aromatic carbocycles. The molecule has 6 heteroatoms. The van der Waals surface area contributed by atoms with Crippen LogP contribution in [0.3, 0.4) is 0 Å². The van der Waals surface area contributed by atoms with Gasteiger partial charge in [-0.15, -0.1) is 0 Å². The Morgan fingerprint density at radius 2 is 1.92 bits per heavy atom. The summed E-state index contributed by atoms with van der Waals surface area (Å²) in [5.74, 6) is 0.357. The van der Waals surface area contributed by atoms with E-state index in [1.54, 1.807) is 48.5 Å². The number of methoxy groups -OCH3 is 1. The number of rotatable bonds is 5.